The van der Waals surface area contributed by atoms with Crippen molar-refractivity contribution in [3.8, 4) is 0 Å². The lowest BCUT2D eigenvalue weighted by molar-refractivity contribution is 0.0783. The molecule has 0 radical (unpaired) electrons. The second-order valence-corrected chi connectivity index (χ2v) is 10.1. The summed E-state index contributed by atoms with van der Waals surface area (Å²) >= 11 is 6.96. The van der Waals surface area contributed by atoms with Crippen molar-refractivity contribution in [2.75, 3.05) is 31.6 Å². The first kappa shape index (κ1) is 23.4. The maximum absolute atomic E-state index is 12.9. The molecule has 2 atom stereocenters. The Hall–Kier alpha value is -1.76. The number of rotatable bonds is 6. The van der Waals surface area contributed by atoms with E-state index in [4.69, 9.17) is 11.6 Å². The van der Waals surface area contributed by atoms with Crippen LogP contribution in [0.3, 0.4) is 0 Å². The highest BCUT2D eigenvalue weighted by Gasteiger charge is 2.40. The predicted molar refractivity (Wildman–Crippen MR) is 131 cm³/mol. The van der Waals surface area contributed by atoms with E-state index in [9.17, 15) is 9.90 Å². The summed E-state index contributed by atoms with van der Waals surface area (Å²) in [5.41, 5.74) is 6.17. The van der Waals surface area contributed by atoms with Crippen LogP contribution in [-0.2, 0) is 12.0 Å². The minimum absolute atomic E-state index is 0.167. The Kier molecular flexibility index (Phi) is 6.49. The van der Waals surface area contributed by atoms with Gasteiger partial charge in [0, 0.05) is 36.0 Å². The van der Waals surface area contributed by atoms with Gasteiger partial charge in [0.05, 0.1) is 11.1 Å². The molecule has 1 aliphatic carbocycles. The average Bonchev–Trinajstić information content (AvgIpc) is 3.01. The van der Waals surface area contributed by atoms with Crippen molar-refractivity contribution < 1.29 is 9.90 Å². The molecular formula is C25H37ClN4O2. The molecule has 32 heavy (non-hydrogen) atoms. The lowest BCUT2D eigenvalue weighted by Gasteiger charge is -2.44. The molecule has 6 nitrogen and oxygen atoms in total. The molecule has 0 spiro atoms. The van der Waals surface area contributed by atoms with Crippen LogP contribution in [-0.4, -0.2) is 57.8 Å². The second kappa shape index (κ2) is 8.88. The van der Waals surface area contributed by atoms with Gasteiger partial charge in [0.15, 0.2) is 0 Å². The maximum atomic E-state index is 12.9. The van der Waals surface area contributed by atoms with E-state index in [2.05, 4.69) is 23.3 Å². The van der Waals surface area contributed by atoms with E-state index in [1.54, 1.807) is 9.58 Å². The molecule has 2 aliphatic rings. The van der Waals surface area contributed by atoms with Crippen molar-refractivity contribution in [1.29, 1.82) is 0 Å². The summed E-state index contributed by atoms with van der Waals surface area (Å²) in [6.07, 6.45) is 4.34. The number of urea groups is 1. The molecular weight excluding hydrogens is 424 g/mol. The number of fused-ring (bicyclic) bond motifs is 2. The van der Waals surface area contributed by atoms with Gasteiger partial charge in [-0.25, -0.2) is 14.9 Å². The standard InChI is InChI=1S/C25H37ClN4O2/c1-6-11-29-12-9-10-17-18-13-16(25(4,5)32)14-21-22(18)19(15-20(17)29)23(26)30(21)27-24(31)28(7-2)8-3/h13-14,17,20,32H,6-12,15H2,1-5H3,(H,27,31)/t17-,20-/m1/s1. The van der Waals surface area contributed by atoms with E-state index in [0.717, 1.165) is 54.4 Å². The fourth-order valence-corrected chi connectivity index (χ4v) is 5.96. The molecule has 0 bridgehead atoms. The van der Waals surface area contributed by atoms with Crippen LogP contribution < -0.4 is 5.43 Å². The number of piperidine rings is 1. The van der Waals surface area contributed by atoms with Crippen molar-refractivity contribution in [1.82, 2.24) is 14.5 Å². The first-order valence-electron chi connectivity index (χ1n) is 12.1. The fraction of sp³-hybridized carbons (Fsp3) is 0.640. The minimum atomic E-state index is -0.986. The molecule has 0 saturated carbocycles. The van der Waals surface area contributed by atoms with Gasteiger partial charge in [-0.05, 0) is 83.7 Å². The molecule has 2 N–H and O–H groups in total. The number of halogens is 1. The zero-order valence-corrected chi connectivity index (χ0v) is 20.8. The lowest BCUT2D eigenvalue weighted by atomic mass is 9.74. The van der Waals surface area contributed by atoms with Gasteiger partial charge in [-0.2, -0.15) is 0 Å². The number of carbonyl (C=O) groups excluding carboxylic acids is 1. The summed E-state index contributed by atoms with van der Waals surface area (Å²) in [6, 6.07) is 4.41. The number of nitrogens with zero attached hydrogens (tertiary/aromatic N) is 3. The highest BCUT2D eigenvalue weighted by molar-refractivity contribution is 6.32. The van der Waals surface area contributed by atoms with Crippen molar-refractivity contribution >= 4 is 28.5 Å². The number of benzene rings is 1. The summed E-state index contributed by atoms with van der Waals surface area (Å²) in [6.45, 7) is 13.3. The Morgan fingerprint density at radius 1 is 1.28 bits per heavy atom. The van der Waals surface area contributed by atoms with Crippen LogP contribution in [0.1, 0.15) is 76.5 Å². The van der Waals surface area contributed by atoms with E-state index in [1.165, 1.54) is 12.0 Å². The van der Waals surface area contributed by atoms with Crippen molar-refractivity contribution in [2.24, 2.45) is 0 Å². The van der Waals surface area contributed by atoms with Gasteiger partial charge in [0.2, 0.25) is 0 Å². The van der Waals surface area contributed by atoms with Crippen LogP contribution >= 0.6 is 11.6 Å². The number of amides is 2. The Balaban J connectivity index is 1.90. The highest BCUT2D eigenvalue weighted by atomic mass is 35.5. The number of hydrogen-bond acceptors (Lipinski definition) is 3. The third kappa shape index (κ3) is 3.91. The molecule has 0 unspecified atom stereocenters. The number of nitrogens with one attached hydrogen (secondary N) is 1. The first-order chi connectivity index (χ1) is 15.2. The van der Waals surface area contributed by atoms with E-state index < -0.39 is 5.60 Å². The number of aromatic nitrogens is 1. The van der Waals surface area contributed by atoms with Crippen molar-refractivity contribution in [2.45, 2.75) is 77.9 Å². The maximum Gasteiger partial charge on any atom is 0.336 e. The summed E-state index contributed by atoms with van der Waals surface area (Å²) in [5, 5.41) is 12.6. The Morgan fingerprint density at radius 2 is 2.00 bits per heavy atom. The van der Waals surface area contributed by atoms with Crippen LogP contribution in [0.15, 0.2) is 12.1 Å². The van der Waals surface area contributed by atoms with Gasteiger partial charge in [-0.1, -0.05) is 24.6 Å². The third-order valence-electron chi connectivity index (χ3n) is 7.32. The molecule has 1 aromatic carbocycles. The summed E-state index contributed by atoms with van der Waals surface area (Å²) in [4.78, 5) is 17.3. The quantitative estimate of drug-likeness (QED) is 0.634. The molecule has 2 heterocycles. The first-order valence-corrected chi connectivity index (χ1v) is 12.5. The van der Waals surface area contributed by atoms with Gasteiger partial charge < -0.3 is 10.0 Å². The van der Waals surface area contributed by atoms with Crippen LogP contribution in [0.25, 0.3) is 10.9 Å². The highest BCUT2D eigenvalue weighted by Crippen LogP contribution is 2.47. The van der Waals surface area contributed by atoms with Crippen molar-refractivity contribution in [3.63, 3.8) is 0 Å². The molecule has 1 fully saturated rings. The molecule has 2 amide bonds. The number of likely N-dealkylation sites (tertiary alicyclic amines) is 1. The van der Waals surface area contributed by atoms with Gasteiger partial charge in [-0.3, -0.25) is 4.90 Å². The average molecular weight is 461 g/mol. The summed E-state index contributed by atoms with van der Waals surface area (Å²) in [7, 11) is 0. The Morgan fingerprint density at radius 3 is 2.62 bits per heavy atom. The molecule has 2 aromatic rings. The van der Waals surface area contributed by atoms with E-state index in [-0.39, 0.29) is 6.03 Å². The van der Waals surface area contributed by atoms with Crippen LogP contribution in [0.2, 0.25) is 5.15 Å². The monoisotopic (exact) mass is 460 g/mol. The van der Waals surface area contributed by atoms with Gasteiger partial charge >= 0.3 is 6.03 Å². The largest absolute Gasteiger partial charge is 0.386 e. The van der Waals surface area contributed by atoms with Gasteiger partial charge in [0.25, 0.3) is 0 Å². The van der Waals surface area contributed by atoms with Crippen LogP contribution in [0, 0.1) is 0 Å². The van der Waals surface area contributed by atoms with E-state index in [0.29, 0.717) is 30.2 Å². The topological polar surface area (TPSA) is 60.7 Å². The lowest BCUT2D eigenvalue weighted by Crippen LogP contribution is -2.47. The zero-order chi connectivity index (χ0) is 23.2. The summed E-state index contributed by atoms with van der Waals surface area (Å²) in [5.74, 6) is 0.415. The Labute approximate surface area is 196 Å². The molecule has 4 rings (SSSR count). The molecule has 1 saturated heterocycles. The predicted octanol–water partition coefficient (Wildman–Crippen LogP) is 5.04. The van der Waals surface area contributed by atoms with Gasteiger partial charge in [-0.15, -0.1) is 0 Å². The van der Waals surface area contributed by atoms with Crippen molar-refractivity contribution in [3.05, 3.63) is 34.0 Å². The minimum Gasteiger partial charge on any atom is -0.386 e. The number of aliphatic hydroxyl groups is 1. The molecule has 7 heteroatoms. The number of hydrogen-bond donors (Lipinski definition) is 2. The summed E-state index contributed by atoms with van der Waals surface area (Å²) < 4.78 is 1.74. The third-order valence-corrected chi connectivity index (χ3v) is 7.72. The zero-order valence-electron chi connectivity index (χ0n) is 20.0. The molecule has 176 valence electrons. The van der Waals surface area contributed by atoms with E-state index >= 15 is 0 Å². The van der Waals surface area contributed by atoms with Gasteiger partial charge in [0.1, 0.15) is 5.15 Å². The second-order valence-electron chi connectivity index (χ2n) is 9.77. The number of carbonyl (C=O) groups is 1. The van der Waals surface area contributed by atoms with E-state index in [1.807, 2.05) is 33.8 Å². The normalized spacial score (nSPS) is 21.0. The SMILES string of the molecule is CCCN1CCC[C@@H]2c3cc(C(C)(C)O)cc4c3c(c(Cl)n4NC(=O)N(CC)CC)C[C@H]21. The van der Waals surface area contributed by atoms with Crippen LogP contribution in [0.5, 0.6) is 0 Å². The molecule has 1 aliphatic heterocycles. The molecule has 1 aromatic heterocycles. The Bertz CT molecular complexity index is 1000. The van der Waals surface area contributed by atoms with Crippen LogP contribution in [0.4, 0.5) is 4.79 Å². The fourth-order valence-electron chi connectivity index (χ4n) is 5.65. The smallest absolute Gasteiger partial charge is 0.336 e.